The van der Waals surface area contributed by atoms with Crippen LogP contribution in [-0.4, -0.2) is 35.4 Å². The minimum Gasteiger partial charge on any atom is -0.497 e. The molecule has 0 saturated carbocycles. The fraction of sp³-hybridized carbons (Fsp3) is 0.438. The van der Waals surface area contributed by atoms with E-state index in [1.807, 2.05) is 24.3 Å². The van der Waals surface area contributed by atoms with E-state index in [1.165, 1.54) is 0 Å². The molecule has 0 bridgehead atoms. The van der Waals surface area contributed by atoms with Gasteiger partial charge < -0.3 is 15.0 Å². The molecule has 2 rings (SSSR count). The van der Waals surface area contributed by atoms with Crippen LogP contribution in [0.15, 0.2) is 30.5 Å². The van der Waals surface area contributed by atoms with Crippen molar-refractivity contribution in [3.8, 4) is 5.75 Å². The lowest BCUT2D eigenvalue weighted by molar-refractivity contribution is 0.415. The molecule has 0 aliphatic rings. The van der Waals surface area contributed by atoms with E-state index in [9.17, 15) is 0 Å². The Morgan fingerprint density at radius 2 is 1.95 bits per heavy atom. The van der Waals surface area contributed by atoms with Crippen molar-refractivity contribution in [1.82, 2.24) is 15.2 Å². The smallest absolute Gasteiger partial charge is 0.247 e. The highest BCUT2D eigenvalue weighted by Gasteiger charge is 2.09. The molecule has 0 spiro atoms. The van der Waals surface area contributed by atoms with Gasteiger partial charge in [-0.3, -0.25) is 0 Å². The van der Waals surface area contributed by atoms with Crippen LogP contribution in [0.4, 0.5) is 17.5 Å². The average molecular weight is 301 g/mol. The SMILES string of the molecule is CCCN(CCC)c1nncc(Nc2cccc(OC)c2)n1. The fourth-order valence-corrected chi connectivity index (χ4v) is 2.19. The molecule has 1 aromatic carbocycles. The Morgan fingerprint density at radius 3 is 2.64 bits per heavy atom. The highest BCUT2D eigenvalue weighted by Crippen LogP contribution is 2.20. The Morgan fingerprint density at radius 1 is 1.18 bits per heavy atom. The summed E-state index contributed by atoms with van der Waals surface area (Å²) in [4.78, 5) is 6.72. The minimum atomic E-state index is 0.664. The van der Waals surface area contributed by atoms with Gasteiger partial charge in [0.05, 0.1) is 13.3 Å². The third-order valence-electron chi connectivity index (χ3n) is 3.16. The van der Waals surface area contributed by atoms with Crippen LogP contribution in [0.2, 0.25) is 0 Å². The predicted molar refractivity (Wildman–Crippen MR) is 88.9 cm³/mol. The van der Waals surface area contributed by atoms with Crippen LogP contribution in [0.1, 0.15) is 26.7 Å². The van der Waals surface area contributed by atoms with Crippen molar-refractivity contribution in [2.24, 2.45) is 0 Å². The number of benzene rings is 1. The molecule has 0 aliphatic heterocycles. The Bertz CT molecular complexity index is 584. The first-order valence-corrected chi connectivity index (χ1v) is 7.62. The molecule has 0 fully saturated rings. The van der Waals surface area contributed by atoms with Gasteiger partial charge in [0.1, 0.15) is 5.75 Å². The number of aromatic nitrogens is 3. The molecule has 118 valence electrons. The average Bonchev–Trinajstić information content (AvgIpc) is 2.55. The topological polar surface area (TPSA) is 63.2 Å². The number of nitrogens with zero attached hydrogens (tertiary/aromatic N) is 4. The van der Waals surface area contributed by atoms with Gasteiger partial charge in [0.2, 0.25) is 5.95 Å². The van der Waals surface area contributed by atoms with Gasteiger partial charge in [-0.1, -0.05) is 19.9 Å². The summed E-state index contributed by atoms with van der Waals surface area (Å²) in [6.07, 6.45) is 3.73. The number of hydrogen-bond acceptors (Lipinski definition) is 6. The van der Waals surface area contributed by atoms with Crippen LogP contribution in [-0.2, 0) is 0 Å². The van der Waals surface area contributed by atoms with Crippen molar-refractivity contribution in [2.45, 2.75) is 26.7 Å². The zero-order valence-corrected chi connectivity index (χ0v) is 13.4. The lowest BCUT2D eigenvalue weighted by Crippen LogP contribution is -2.27. The summed E-state index contributed by atoms with van der Waals surface area (Å²) in [5.41, 5.74) is 0.906. The Kier molecular flexibility index (Phi) is 5.94. The Hall–Kier alpha value is -2.37. The number of nitrogens with one attached hydrogen (secondary N) is 1. The van der Waals surface area contributed by atoms with Crippen LogP contribution < -0.4 is 15.0 Å². The summed E-state index contributed by atoms with van der Waals surface area (Å²) >= 11 is 0. The number of hydrogen-bond donors (Lipinski definition) is 1. The van der Waals surface area contributed by atoms with E-state index >= 15 is 0 Å². The number of anilines is 3. The summed E-state index contributed by atoms with van der Waals surface area (Å²) < 4.78 is 5.22. The summed E-state index contributed by atoms with van der Waals surface area (Å²) in [5, 5.41) is 11.5. The lowest BCUT2D eigenvalue weighted by atomic mass is 10.3. The van der Waals surface area contributed by atoms with Crippen LogP contribution in [0, 0.1) is 0 Å². The molecule has 1 heterocycles. The standard InChI is InChI=1S/C16H23N5O/c1-4-9-21(10-5-2)16-19-15(12-17-20-16)18-13-7-6-8-14(11-13)22-3/h6-8,11-12H,4-5,9-10H2,1-3H3,(H,18,19,20). The number of ether oxygens (including phenoxy) is 1. The van der Waals surface area contributed by atoms with Crippen molar-refractivity contribution in [3.05, 3.63) is 30.5 Å². The number of rotatable bonds is 8. The first-order valence-electron chi connectivity index (χ1n) is 7.62. The molecule has 22 heavy (non-hydrogen) atoms. The lowest BCUT2D eigenvalue weighted by Gasteiger charge is -2.21. The first-order chi connectivity index (χ1) is 10.8. The van der Waals surface area contributed by atoms with Crippen LogP contribution >= 0.6 is 0 Å². The molecular formula is C16H23N5O. The summed E-state index contributed by atoms with van der Waals surface area (Å²) in [6, 6.07) is 7.70. The largest absolute Gasteiger partial charge is 0.497 e. The normalized spacial score (nSPS) is 10.3. The third kappa shape index (κ3) is 4.31. The van der Waals surface area contributed by atoms with E-state index in [0.717, 1.165) is 37.4 Å². The van der Waals surface area contributed by atoms with Crippen LogP contribution in [0.3, 0.4) is 0 Å². The van der Waals surface area contributed by atoms with E-state index in [-0.39, 0.29) is 0 Å². The van der Waals surface area contributed by atoms with E-state index in [4.69, 9.17) is 4.74 Å². The highest BCUT2D eigenvalue weighted by atomic mass is 16.5. The molecular weight excluding hydrogens is 278 g/mol. The zero-order chi connectivity index (χ0) is 15.8. The minimum absolute atomic E-state index is 0.664. The van der Waals surface area contributed by atoms with Gasteiger partial charge >= 0.3 is 0 Å². The quantitative estimate of drug-likeness (QED) is 0.807. The fourth-order valence-electron chi connectivity index (χ4n) is 2.19. The Labute approximate surface area is 131 Å². The van der Waals surface area contributed by atoms with Gasteiger partial charge in [-0.25, -0.2) is 0 Å². The van der Waals surface area contributed by atoms with Crippen molar-refractivity contribution < 1.29 is 4.74 Å². The van der Waals surface area contributed by atoms with Crippen molar-refractivity contribution >= 4 is 17.5 Å². The predicted octanol–water partition coefficient (Wildman–Crippen LogP) is 3.25. The summed E-state index contributed by atoms with van der Waals surface area (Å²) in [7, 11) is 1.65. The molecule has 0 saturated heterocycles. The molecule has 0 aliphatic carbocycles. The molecule has 0 radical (unpaired) electrons. The molecule has 2 aromatic rings. The van der Waals surface area contributed by atoms with E-state index in [1.54, 1.807) is 13.3 Å². The Balaban J connectivity index is 2.16. The van der Waals surface area contributed by atoms with Crippen LogP contribution in [0.5, 0.6) is 5.75 Å². The molecule has 6 heteroatoms. The summed E-state index contributed by atoms with van der Waals surface area (Å²) in [6.45, 7) is 6.15. The molecule has 1 aromatic heterocycles. The molecule has 0 atom stereocenters. The van der Waals surface area contributed by atoms with Crippen molar-refractivity contribution in [2.75, 3.05) is 30.4 Å². The summed E-state index contributed by atoms with van der Waals surface area (Å²) in [5.74, 6) is 2.14. The third-order valence-corrected chi connectivity index (χ3v) is 3.16. The first kappa shape index (κ1) is 16.0. The second-order valence-electron chi connectivity index (χ2n) is 4.99. The van der Waals surface area contributed by atoms with Gasteiger partial charge in [0, 0.05) is 24.8 Å². The maximum atomic E-state index is 5.22. The van der Waals surface area contributed by atoms with Gasteiger partial charge in [-0.2, -0.15) is 10.1 Å². The second-order valence-corrected chi connectivity index (χ2v) is 4.99. The molecule has 0 unspecified atom stereocenters. The maximum Gasteiger partial charge on any atom is 0.247 e. The van der Waals surface area contributed by atoms with E-state index in [2.05, 4.69) is 39.2 Å². The van der Waals surface area contributed by atoms with Crippen molar-refractivity contribution in [1.29, 1.82) is 0 Å². The van der Waals surface area contributed by atoms with E-state index < -0.39 is 0 Å². The van der Waals surface area contributed by atoms with E-state index in [0.29, 0.717) is 11.8 Å². The molecule has 0 amide bonds. The monoisotopic (exact) mass is 301 g/mol. The maximum absolute atomic E-state index is 5.22. The zero-order valence-electron chi connectivity index (χ0n) is 13.4. The highest BCUT2D eigenvalue weighted by molar-refractivity contribution is 5.58. The van der Waals surface area contributed by atoms with Gasteiger partial charge in [-0.05, 0) is 25.0 Å². The van der Waals surface area contributed by atoms with Gasteiger partial charge in [0.15, 0.2) is 5.82 Å². The molecule has 1 N–H and O–H groups in total. The molecule has 6 nitrogen and oxygen atoms in total. The second kappa shape index (κ2) is 8.17. The number of methoxy groups -OCH3 is 1. The van der Waals surface area contributed by atoms with Crippen LogP contribution in [0.25, 0.3) is 0 Å². The van der Waals surface area contributed by atoms with Gasteiger partial charge in [0.25, 0.3) is 0 Å². The van der Waals surface area contributed by atoms with Crippen molar-refractivity contribution in [3.63, 3.8) is 0 Å². The van der Waals surface area contributed by atoms with Gasteiger partial charge in [-0.15, -0.1) is 5.10 Å².